The van der Waals surface area contributed by atoms with E-state index in [1.165, 1.54) is 5.56 Å². The molecule has 2 aliphatic rings. The maximum Gasteiger partial charge on any atom is 0.229 e. The van der Waals surface area contributed by atoms with E-state index in [9.17, 15) is 4.79 Å². The summed E-state index contributed by atoms with van der Waals surface area (Å²) in [5.41, 5.74) is 1.27. The number of carbonyl (C=O) groups excluding carboxylic acids is 1. The molecule has 0 radical (unpaired) electrons. The summed E-state index contributed by atoms with van der Waals surface area (Å²) >= 11 is 0. The van der Waals surface area contributed by atoms with Crippen LogP contribution in [-0.2, 0) is 20.7 Å². The average Bonchev–Trinajstić information content (AvgIpc) is 3.08. The van der Waals surface area contributed by atoms with E-state index in [1.807, 2.05) is 11.0 Å². The first-order chi connectivity index (χ1) is 10.4. The molecule has 0 bridgehead atoms. The zero-order chi connectivity index (χ0) is 14.5. The Bertz CT molecular complexity index is 496. The average molecular weight is 288 g/mol. The summed E-state index contributed by atoms with van der Waals surface area (Å²) < 4.78 is 10.8. The van der Waals surface area contributed by atoms with Gasteiger partial charge in [0.25, 0.3) is 0 Å². The second-order valence-corrected chi connectivity index (χ2v) is 5.33. The first-order valence-electron chi connectivity index (χ1n) is 7.28. The lowest BCUT2D eigenvalue weighted by molar-refractivity contribution is -0.120. The minimum Gasteiger partial charge on any atom is -0.462 e. The Balaban J connectivity index is 1.72. The Kier molecular flexibility index (Phi) is 4.40. The molecule has 1 fully saturated rings. The van der Waals surface area contributed by atoms with Gasteiger partial charge in [-0.2, -0.15) is 0 Å². The van der Waals surface area contributed by atoms with Gasteiger partial charge >= 0.3 is 0 Å². The number of rotatable bonds is 5. The molecule has 1 aromatic carbocycles. The zero-order valence-corrected chi connectivity index (χ0v) is 12.0. The summed E-state index contributed by atoms with van der Waals surface area (Å²) in [5, 5.41) is 0. The van der Waals surface area contributed by atoms with Gasteiger partial charge in [0.15, 0.2) is 5.76 Å². The molecule has 3 rings (SSSR count). The van der Waals surface area contributed by atoms with Crippen molar-refractivity contribution in [3.05, 3.63) is 47.9 Å². The van der Waals surface area contributed by atoms with Gasteiger partial charge in [-0.05, 0) is 12.0 Å². The summed E-state index contributed by atoms with van der Waals surface area (Å²) in [6.45, 7) is 3.55. The van der Waals surface area contributed by atoms with E-state index in [0.29, 0.717) is 6.79 Å². The van der Waals surface area contributed by atoms with E-state index in [-0.39, 0.29) is 6.04 Å². The molecule has 1 unspecified atom stereocenters. The monoisotopic (exact) mass is 288 g/mol. The number of benzene rings is 1. The van der Waals surface area contributed by atoms with Gasteiger partial charge in [-0.25, -0.2) is 0 Å². The Morgan fingerprint density at radius 1 is 1.14 bits per heavy atom. The van der Waals surface area contributed by atoms with Crippen LogP contribution in [0.15, 0.2) is 42.4 Å². The fraction of sp³-hybridized carbons (Fsp3) is 0.438. The molecule has 21 heavy (non-hydrogen) atoms. The van der Waals surface area contributed by atoms with Crippen LogP contribution in [0.1, 0.15) is 5.56 Å². The molecule has 112 valence electrons. The summed E-state index contributed by atoms with van der Waals surface area (Å²) in [6, 6.07) is 10.6. The third kappa shape index (κ3) is 3.36. The zero-order valence-electron chi connectivity index (χ0n) is 12.0. The Labute approximate surface area is 124 Å². The van der Waals surface area contributed by atoms with E-state index in [0.717, 1.165) is 44.8 Å². The molecule has 5 nitrogen and oxygen atoms in total. The Morgan fingerprint density at radius 3 is 2.52 bits per heavy atom. The SMILES string of the molecule is O=CN1CCN(C(Cc2ccccc2)C2=COCO2)CC1. The number of amides is 1. The van der Waals surface area contributed by atoms with Crippen LogP contribution in [0, 0.1) is 0 Å². The predicted octanol–water partition coefficient (Wildman–Crippen LogP) is 1.22. The fourth-order valence-electron chi connectivity index (χ4n) is 2.83. The Hall–Kier alpha value is -2.01. The van der Waals surface area contributed by atoms with Crippen LogP contribution in [-0.4, -0.2) is 55.2 Å². The van der Waals surface area contributed by atoms with Crippen molar-refractivity contribution in [1.82, 2.24) is 9.80 Å². The summed E-state index contributed by atoms with van der Waals surface area (Å²) in [6.07, 6.45) is 3.54. The van der Waals surface area contributed by atoms with Gasteiger partial charge in [0.1, 0.15) is 6.26 Å². The van der Waals surface area contributed by atoms with Crippen molar-refractivity contribution in [1.29, 1.82) is 0 Å². The van der Waals surface area contributed by atoms with Crippen molar-refractivity contribution in [3.63, 3.8) is 0 Å². The molecule has 0 aliphatic carbocycles. The molecule has 1 atom stereocenters. The standard InChI is InChI=1S/C16H20N2O3/c19-12-17-6-8-18(9-7-17)15(16-11-20-13-21-16)10-14-4-2-1-3-5-14/h1-5,11-12,15H,6-10,13H2. The second kappa shape index (κ2) is 6.63. The molecular formula is C16H20N2O3. The molecule has 2 aliphatic heterocycles. The summed E-state index contributed by atoms with van der Waals surface area (Å²) in [5.74, 6) is 0.887. The van der Waals surface area contributed by atoms with Crippen LogP contribution < -0.4 is 0 Å². The van der Waals surface area contributed by atoms with Crippen LogP contribution in [0.3, 0.4) is 0 Å². The van der Waals surface area contributed by atoms with Crippen LogP contribution in [0.4, 0.5) is 0 Å². The summed E-state index contributed by atoms with van der Waals surface area (Å²) in [7, 11) is 0. The van der Waals surface area contributed by atoms with E-state index in [2.05, 4.69) is 29.2 Å². The highest BCUT2D eigenvalue weighted by Crippen LogP contribution is 2.22. The number of ether oxygens (including phenoxy) is 2. The van der Waals surface area contributed by atoms with E-state index < -0.39 is 0 Å². The first-order valence-corrected chi connectivity index (χ1v) is 7.28. The fourth-order valence-corrected chi connectivity index (χ4v) is 2.83. The van der Waals surface area contributed by atoms with E-state index in [1.54, 1.807) is 6.26 Å². The van der Waals surface area contributed by atoms with Gasteiger partial charge in [0, 0.05) is 26.2 Å². The van der Waals surface area contributed by atoms with Crippen molar-refractivity contribution in [2.24, 2.45) is 0 Å². The van der Waals surface area contributed by atoms with Gasteiger partial charge in [-0.1, -0.05) is 30.3 Å². The summed E-state index contributed by atoms with van der Waals surface area (Å²) in [4.78, 5) is 15.0. The lowest BCUT2D eigenvalue weighted by atomic mass is 10.0. The maximum absolute atomic E-state index is 10.8. The Morgan fingerprint density at radius 2 is 1.90 bits per heavy atom. The molecule has 0 N–H and O–H groups in total. The van der Waals surface area contributed by atoms with Crippen molar-refractivity contribution in [3.8, 4) is 0 Å². The molecule has 5 heteroatoms. The van der Waals surface area contributed by atoms with Crippen molar-refractivity contribution in [2.45, 2.75) is 12.5 Å². The van der Waals surface area contributed by atoms with Gasteiger partial charge in [-0.15, -0.1) is 0 Å². The molecule has 2 heterocycles. The van der Waals surface area contributed by atoms with Crippen LogP contribution in [0.25, 0.3) is 0 Å². The minimum absolute atomic E-state index is 0.170. The topological polar surface area (TPSA) is 42.0 Å². The van der Waals surface area contributed by atoms with Crippen LogP contribution in [0.2, 0.25) is 0 Å². The third-order valence-electron chi connectivity index (χ3n) is 4.03. The molecule has 0 saturated carbocycles. The molecule has 1 saturated heterocycles. The number of piperazine rings is 1. The van der Waals surface area contributed by atoms with E-state index >= 15 is 0 Å². The van der Waals surface area contributed by atoms with Gasteiger partial charge in [0.05, 0.1) is 6.04 Å². The number of hydrogen-bond donors (Lipinski definition) is 0. The molecule has 1 amide bonds. The smallest absolute Gasteiger partial charge is 0.229 e. The van der Waals surface area contributed by atoms with E-state index in [4.69, 9.17) is 9.47 Å². The van der Waals surface area contributed by atoms with Crippen LogP contribution in [0.5, 0.6) is 0 Å². The normalized spacial score (nSPS) is 20.4. The largest absolute Gasteiger partial charge is 0.462 e. The van der Waals surface area contributed by atoms with Crippen molar-refractivity contribution >= 4 is 6.41 Å². The lowest BCUT2D eigenvalue weighted by Crippen LogP contribution is -2.51. The molecule has 1 aromatic rings. The highest BCUT2D eigenvalue weighted by atomic mass is 16.7. The highest BCUT2D eigenvalue weighted by Gasteiger charge is 2.29. The number of carbonyl (C=O) groups is 1. The minimum atomic E-state index is 0.170. The van der Waals surface area contributed by atoms with Crippen molar-refractivity contribution < 1.29 is 14.3 Å². The molecule has 0 spiro atoms. The maximum atomic E-state index is 10.8. The number of nitrogens with zero attached hydrogens (tertiary/aromatic N) is 2. The lowest BCUT2D eigenvalue weighted by Gasteiger charge is -2.37. The first kappa shape index (κ1) is 13.9. The highest BCUT2D eigenvalue weighted by molar-refractivity contribution is 5.47. The molecule has 0 aromatic heterocycles. The third-order valence-corrected chi connectivity index (χ3v) is 4.03. The number of hydrogen-bond acceptors (Lipinski definition) is 4. The molecular weight excluding hydrogens is 268 g/mol. The quantitative estimate of drug-likeness (QED) is 0.764. The van der Waals surface area contributed by atoms with Gasteiger partial charge in [0.2, 0.25) is 13.2 Å². The van der Waals surface area contributed by atoms with Gasteiger partial charge in [-0.3, -0.25) is 9.69 Å². The van der Waals surface area contributed by atoms with Crippen molar-refractivity contribution in [2.75, 3.05) is 33.0 Å². The van der Waals surface area contributed by atoms with Gasteiger partial charge < -0.3 is 14.4 Å². The predicted molar refractivity (Wildman–Crippen MR) is 78.3 cm³/mol. The van der Waals surface area contributed by atoms with Crippen LogP contribution >= 0.6 is 0 Å². The second-order valence-electron chi connectivity index (χ2n) is 5.33.